The fourth-order valence-corrected chi connectivity index (χ4v) is 8.34. The maximum atomic E-state index is 13.0. The molecule has 0 aromatic heterocycles. The van der Waals surface area contributed by atoms with E-state index in [0.29, 0.717) is 13.0 Å². The number of aliphatic hydroxyl groups excluding tert-OH is 7. The van der Waals surface area contributed by atoms with Crippen LogP contribution in [0, 0.1) is 0 Å². The quantitative estimate of drug-likeness (QED) is 0.0173. The molecule has 0 aromatic rings. The molecule has 0 aliphatic carbocycles. The molecule has 11 unspecified atom stereocenters. The Bertz CT molecular complexity index is 1390. The van der Waals surface area contributed by atoms with Gasteiger partial charge in [0.05, 0.1) is 26.4 Å². The Morgan fingerprint density at radius 3 is 1.47 bits per heavy atom. The van der Waals surface area contributed by atoms with Crippen LogP contribution in [0.15, 0.2) is 60.8 Å². The van der Waals surface area contributed by atoms with E-state index in [1.165, 1.54) is 70.6 Å². The molecule has 0 bridgehead atoms. The lowest BCUT2D eigenvalue weighted by Gasteiger charge is -2.42. The van der Waals surface area contributed by atoms with Crippen molar-refractivity contribution in [1.29, 1.82) is 0 Å². The normalized spacial score (nSPS) is 26.0. The summed E-state index contributed by atoms with van der Waals surface area (Å²) in [4.78, 5) is 13.0. The Morgan fingerprint density at radius 2 is 0.929 bits per heavy atom. The first-order chi connectivity index (χ1) is 34.1. The molecule has 0 aromatic carbocycles. The van der Waals surface area contributed by atoms with Crippen LogP contribution in [0.25, 0.3) is 0 Å². The smallest absolute Gasteiger partial charge is 0.306 e. The molecule has 2 heterocycles. The van der Waals surface area contributed by atoms with E-state index in [1.807, 2.05) is 0 Å². The van der Waals surface area contributed by atoms with Crippen molar-refractivity contribution < 1.29 is 69.0 Å². The molecular formula is C56H98O14. The van der Waals surface area contributed by atoms with Gasteiger partial charge in [0.25, 0.3) is 0 Å². The highest BCUT2D eigenvalue weighted by Crippen LogP contribution is 2.26. The van der Waals surface area contributed by atoms with Crippen LogP contribution in [0.4, 0.5) is 0 Å². The van der Waals surface area contributed by atoms with Crippen molar-refractivity contribution in [2.75, 3.05) is 33.0 Å². The highest BCUT2D eigenvalue weighted by molar-refractivity contribution is 5.69. The maximum Gasteiger partial charge on any atom is 0.306 e. The van der Waals surface area contributed by atoms with Crippen molar-refractivity contribution in [3.05, 3.63) is 60.8 Å². The zero-order chi connectivity index (χ0) is 50.9. The maximum absolute atomic E-state index is 13.0. The molecule has 2 saturated heterocycles. The summed E-state index contributed by atoms with van der Waals surface area (Å²) in [5, 5.41) is 72.1. The summed E-state index contributed by atoms with van der Waals surface area (Å²) >= 11 is 0. The van der Waals surface area contributed by atoms with Gasteiger partial charge in [0.1, 0.15) is 54.9 Å². The minimum atomic E-state index is -1.71. The zero-order valence-electron chi connectivity index (χ0n) is 43.2. The number of esters is 1. The summed E-state index contributed by atoms with van der Waals surface area (Å²) in [6.07, 6.45) is 35.9. The first kappa shape index (κ1) is 63.8. The standard InChI is InChI=1S/C56H98O14/c1-3-5-7-9-11-13-15-16-17-18-19-20-21-22-23-24-25-26-27-28-29-30-32-34-36-38-40-65-42-45(68-48(58)39-37-35-33-31-14-12-10-8-6-4-2)43-66-55-54(64)52(62)50(60)47(70-55)44-67-56-53(63)51(61)49(59)46(41-57)69-56/h5,7-8,10-11,13,16-17,19-20,45-47,49-57,59-64H,3-4,6,9,12,14-15,18,21-44H2,1-2H3/b7-5-,10-8-,13-11-,17-16-,20-19-. The van der Waals surface area contributed by atoms with Crippen LogP contribution >= 0.6 is 0 Å². The summed E-state index contributed by atoms with van der Waals surface area (Å²) < 4.78 is 34.3. The van der Waals surface area contributed by atoms with E-state index < -0.39 is 80.7 Å². The van der Waals surface area contributed by atoms with Crippen LogP contribution in [0.3, 0.4) is 0 Å². The number of hydrogen-bond donors (Lipinski definition) is 7. The number of carbonyl (C=O) groups excluding carboxylic acids is 1. The van der Waals surface area contributed by atoms with Gasteiger partial charge >= 0.3 is 5.97 Å². The van der Waals surface area contributed by atoms with Crippen molar-refractivity contribution >= 4 is 5.97 Å². The van der Waals surface area contributed by atoms with Gasteiger partial charge in [-0.05, 0) is 70.6 Å². The molecule has 2 fully saturated rings. The highest BCUT2D eigenvalue weighted by atomic mass is 16.7. The Hall–Kier alpha value is -2.31. The van der Waals surface area contributed by atoms with Crippen LogP contribution < -0.4 is 0 Å². The lowest BCUT2D eigenvalue weighted by Crippen LogP contribution is -2.61. The molecule has 0 radical (unpaired) electrons. The number of unbranched alkanes of at least 4 members (excludes halogenated alkanes) is 19. The van der Waals surface area contributed by atoms with E-state index >= 15 is 0 Å². The van der Waals surface area contributed by atoms with Crippen LogP contribution in [0.5, 0.6) is 0 Å². The minimum absolute atomic E-state index is 0.0558. The van der Waals surface area contributed by atoms with Crippen molar-refractivity contribution in [2.45, 2.75) is 255 Å². The third-order valence-electron chi connectivity index (χ3n) is 12.7. The molecule has 14 nitrogen and oxygen atoms in total. The molecule has 2 rings (SSSR count). The van der Waals surface area contributed by atoms with Gasteiger partial charge < -0.3 is 64.2 Å². The predicted octanol–water partition coefficient (Wildman–Crippen LogP) is 8.91. The molecule has 0 spiro atoms. The molecule has 14 heteroatoms. The van der Waals surface area contributed by atoms with Gasteiger partial charge in [0.2, 0.25) is 0 Å². The third kappa shape index (κ3) is 30.0. The molecular weight excluding hydrogens is 897 g/mol. The summed E-state index contributed by atoms with van der Waals surface area (Å²) in [6.45, 7) is 3.49. The van der Waals surface area contributed by atoms with Gasteiger partial charge in [0.15, 0.2) is 12.6 Å². The second kappa shape index (κ2) is 43.1. The van der Waals surface area contributed by atoms with Gasteiger partial charge in [0, 0.05) is 13.0 Å². The first-order valence-electron chi connectivity index (χ1n) is 27.4. The van der Waals surface area contributed by atoms with Crippen molar-refractivity contribution in [2.24, 2.45) is 0 Å². The average molecular weight is 995 g/mol. The SMILES string of the molecule is CC/C=C\C/C=C\C/C=C\C/C=C\CCCCCCCCCCCCCCCOCC(COC1OC(COC2OC(CO)C(O)C(O)C2O)C(O)C(O)C1O)OC(=O)CCCCCCC/C=C\CCC. The number of carbonyl (C=O) groups is 1. The Labute approximate surface area is 422 Å². The largest absolute Gasteiger partial charge is 0.457 e. The van der Waals surface area contributed by atoms with E-state index in [4.69, 9.17) is 28.4 Å². The number of rotatable bonds is 43. The molecule has 2 aliphatic heterocycles. The van der Waals surface area contributed by atoms with Crippen molar-refractivity contribution in [3.8, 4) is 0 Å². The number of aliphatic hydroxyl groups is 7. The van der Waals surface area contributed by atoms with E-state index in [0.717, 1.165) is 89.9 Å². The average Bonchev–Trinajstić information content (AvgIpc) is 3.36. The molecule has 7 N–H and O–H groups in total. The highest BCUT2D eigenvalue weighted by Gasteiger charge is 2.47. The van der Waals surface area contributed by atoms with E-state index in [9.17, 15) is 40.5 Å². The van der Waals surface area contributed by atoms with Crippen LogP contribution in [-0.2, 0) is 33.2 Å². The van der Waals surface area contributed by atoms with Crippen molar-refractivity contribution in [3.63, 3.8) is 0 Å². The van der Waals surface area contributed by atoms with E-state index in [1.54, 1.807) is 0 Å². The van der Waals surface area contributed by atoms with Gasteiger partial charge in [-0.3, -0.25) is 4.79 Å². The Morgan fingerprint density at radius 1 is 0.486 bits per heavy atom. The van der Waals surface area contributed by atoms with Crippen LogP contribution in [0.2, 0.25) is 0 Å². The Balaban J connectivity index is 1.66. The second-order valence-corrected chi connectivity index (χ2v) is 19.0. The van der Waals surface area contributed by atoms with E-state index in [2.05, 4.69) is 74.6 Å². The summed E-state index contributed by atoms with van der Waals surface area (Å²) in [5.74, 6) is -0.389. The zero-order valence-corrected chi connectivity index (χ0v) is 43.2. The summed E-state index contributed by atoms with van der Waals surface area (Å²) in [6, 6.07) is 0. The predicted molar refractivity (Wildman–Crippen MR) is 275 cm³/mol. The lowest BCUT2D eigenvalue weighted by atomic mass is 9.98. The van der Waals surface area contributed by atoms with Gasteiger partial charge in [-0.1, -0.05) is 171 Å². The summed E-state index contributed by atoms with van der Waals surface area (Å²) in [7, 11) is 0. The number of ether oxygens (including phenoxy) is 6. The van der Waals surface area contributed by atoms with E-state index in [-0.39, 0.29) is 25.6 Å². The number of hydrogen-bond acceptors (Lipinski definition) is 14. The Kier molecular flexibility index (Phi) is 39.3. The number of allylic oxidation sites excluding steroid dienone is 10. The fraction of sp³-hybridized carbons (Fsp3) is 0.804. The summed E-state index contributed by atoms with van der Waals surface area (Å²) in [5.41, 5.74) is 0. The monoisotopic (exact) mass is 995 g/mol. The van der Waals surface area contributed by atoms with Crippen LogP contribution in [-0.4, -0.2) is 142 Å². The van der Waals surface area contributed by atoms with Gasteiger partial charge in [-0.15, -0.1) is 0 Å². The molecule has 2 aliphatic rings. The topological polar surface area (TPSA) is 214 Å². The first-order valence-corrected chi connectivity index (χ1v) is 27.4. The fourth-order valence-electron chi connectivity index (χ4n) is 8.34. The molecule has 406 valence electrons. The minimum Gasteiger partial charge on any atom is -0.457 e. The molecule has 70 heavy (non-hydrogen) atoms. The molecule has 11 atom stereocenters. The third-order valence-corrected chi connectivity index (χ3v) is 12.7. The van der Waals surface area contributed by atoms with Gasteiger partial charge in [-0.25, -0.2) is 0 Å². The molecule has 0 saturated carbocycles. The van der Waals surface area contributed by atoms with Gasteiger partial charge in [-0.2, -0.15) is 0 Å². The van der Waals surface area contributed by atoms with Crippen molar-refractivity contribution in [1.82, 2.24) is 0 Å². The van der Waals surface area contributed by atoms with Crippen LogP contribution in [0.1, 0.15) is 187 Å². The second-order valence-electron chi connectivity index (χ2n) is 19.0. The lowest BCUT2D eigenvalue weighted by molar-refractivity contribution is -0.332. The molecule has 0 amide bonds.